The molecule has 92 valence electrons. The Hall–Kier alpha value is -1.46. The van der Waals surface area contributed by atoms with Crippen LogP contribution in [0.1, 0.15) is 23.3 Å². The van der Waals surface area contributed by atoms with Gasteiger partial charge in [-0.15, -0.1) is 0 Å². The number of carbonyl (C=O) groups excluding carboxylic acids is 1. The first-order chi connectivity index (χ1) is 8.18. The predicted molar refractivity (Wildman–Crippen MR) is 63.4 cm³/mol. The Morgan fingerprint density at radius 1 is 1.53 bits per heavy atom. The molecule has 5 nitrogen and oxygen atoms in total. The van der Waals surface area contributed by atoms with Crippen LogP contribution in [0.4, 0.5) is 0 Å². The van der Waals surface area contributed by atoms with Crippen molar-refractivity contribution in [1.82, 2.24) is 9.88 Å². The van der Waals surface area contributed by atoms with E-state index >= 15 is 0 Å². The van der Waals surface area contributed by atoms with E-state index in [-0.39, 0.29) is 18.5 Å². The second-order valence-electron chi connectivity index (χ2n) is 4.34. The van der Waals surface area contributed by atoms with Crippen molar-refractivity contribution in [3.05, 3.63) is 30.1 Å². The molecule has 5 heteroatoms. The van der Waals surface area contributed by atoms with Gasteiger partial charge in [-0.3, -0.25) is 9.78 Å². The standard InChI is InChI=1S/C12H17N3O2/c13-9-4-3-7-15(8-11(9)16)12(17)10-5-1-2-6-14-10/h1-2,5-6,9,11,16H,3-4,7-8,13H2. The second-order valence-corrected chi connectivity index (χ2v) is 4.34. The van der Waals surface area contributed by atoms with Gasteiger partial charge in [0, 0.05) is 25.3 Å². The van der Waals surface area contributed by atoms with E-state index in [0.717, 1.165) is 12.8 Å². The number of carbonyl (C=O) groups is 1. The molecule has 0 radical (unpaired) electrons. The van der Waals surface area contributed by atoms with E-state index in [0.29, 0.717) is 12.2 Å². The van der Waals surface area contributed by atoms with Crippen LogP contribution in [-0.2, 0) is 0 Å². The third-order valence-electron chi connectivity index (χ3n) is 3.04. The van der Waals surface area contributed by atoms with E-state index in [1.165, 1.54) is 0 Å². The van der Waals surface area contributed by atoms with Crippen molar-refractivity contribution in [2.24, 2.45) is 5.73 Å². The number of hydrogen-bond acceptors (Lipinski definition) is 4. The van der Waals surface area contributed by atoms with Gasteiger partial charge in [-0.1, -0.05) is 6.07 Å². The number of aliphatic hydroxyl groups is 1. The summed E-state index contributed by atoms with van der Waals surface area (Å²) in [5.41, 5.74) is 6.19. The third kappa shape index (κ3) is 2.81. The minimum atomic E-state index is -0.648. The van der Waals surface area contributed by atoms with Crippen LogP contribution in [0.5, 0.6) is 0 Å². The van der Waals surface area contributed by atoms with Crippen LogP contribution in [0.15, 0.2) is 24.4 Å². The smallest absolute Gasteiger partial charge is 0.272 e. The highest BCUT2D eigenvalue weighted by Gasteiger charge is 2.26. The monoisotopic (exact) mass is 235 g/mol. The van der Waals surface area contributed by atoms with Crippen LogP contribution in [-0.4, -0.2) is 46.1 Å². The Labute approximate surface area is 100 Å². The van der Waals surface area contributed by atoms with Gasteiger partial charge in [0.1, 0.15) is 5.69 Å². The van der Waals surface area contributed by atoms with Crippen LogP contribution in [0.25, 0.3) is 0 Å². The fourth-order valence-corrected chi connectivity index (χ4v) is 2.00. The van der Waals surface area contributed by atoms with Crippen LogP contribution >= 0.6 is 0 Å². The van der Waals surface area contributed by atoms with Crippen LogP contribution in [0.2, 0.25) is 0 Å². The first-order valence-electron chi connectivity index (χ1n) is 5.82. The molecule has 2 rings (SSSR count). The number of hydrogen-bond donors (Lipinski definition) is 2. The SMILES string of the molecule is NC1CCCN(C(=O)c2ccccn2)CC1O. The molecule has 2 heterocycles. The maximum absolute atomic E-state index is 12.1. The van der Waals surface area contributed by atoms with Crippen LogP contribution in [0, 0.1) is 0 Å². The number of aromatic nitrogens is 1. The molecule has 3 N–H and O–H groups in total. The van der Waals surface area contributed by atoms with Crippen molar-refractivity contribution >= 4 is 5.91 Å². The molecule has 1 aliphatic rings. The molecular formula is C12H17N3O2. The van der Waals surface area contributed by atoms with E-state index in [1.54, 1.807) is 29.3 Å². The Morgan fingerprint density at radius 2 is 2.35 bits per heavy atom. The molecule has 2 unspecified atom stereocenters. The summed E-state index contributed by atoms with van der Waals surface area (Å²) in [6.07, 6.45) is 2.50. The quantitative estimate of drug-likeness (QED) is 0.718. The average Bonchev–Trinajstić information content (AvgIpc) is 2.52. The highest BCUT2D eigenvalue weighted by Crippen LogP contribution is 2.12. The van der Waals surface area contributed by atoms with Gasteiger partial charge >= 0.3 is 0 Å². The van der Waals surface area contributed by atoms with Crippen molar-refractivity contribution in [3.63, 3.8) is 0 Å². The highest BCUT2D eigenvalue weighted by atomic mass is 16.3. The highest BCUT2D eigenvalue weighted by molar-refractivity contribution is 5.92. The first kappa shape index (κ1) is 12.0. The summed E-state index contributed by atoms with van der Waals surface area (Å²) >= 11 is 0. The van der Waals surface area contributed by atoms with E-state index < -0.39 is 6.10 Å². The first-order valence-corrected chi connectivity index (χ1v) is 5.82. The molecule has 0 bridgehead atoms. The third-order valence-corrected chi connectivity index (χ3v) is 3.04. The lowest BCUT2D eigenvalue weighted by molar-refractivity contribution is 0.0628. The van der Waals surface area contributed by atoms with Gasteiger partial charge in [0.15, 0.2) is 0 Å². The summed E-state index contributed by atoms with van der Waals surface area (Å²) in [4.78, 5) is 17.8. The molecule has 0 saturated carbocycles. The molecule has 0 aromatic carbocycles. The number of rotatable bonds is 1. The summed E-state index contributed by atoms with van der Waals surface area (Å²) in [6, 6.07) is 4.99. The number of β-amino-alcohol motifs (C(OH)–C–C–N with tert-alkyl or cyclic N) is 1. The van der Waals surface area contributed by atoms with Crippen molar-refractivity contribution in [2.45, 2.75) is 25.0 Å². The topological polar surface area (TPSA) is 79.5 Å². The molecular weight excluding hydrogens is 218 g/mol. The number of nitrogens with zero attached hydrogens (tertiary/aromatic N) is 2. The van der Waals surface area contributed by atoms with Gasteiger partial charge in [0.05, 0.1) is 6.10 Å². The van der Waals surface area contributed by atoms with Gasteiger partial charge < -0.3 is 15.7 Å². The van der Waals surface area contributed by atoms with Crippen molar-refractivity contribution in [2.75, 3.05) is 13.1 Å². The molecule has 17 heavy (non-hydrogen) atoms. The fourth-order valence-electron chi connectivity index (χ4n) is 2.00. The lowest BCUT2D eigenvalue weighted by Crippen LogP contribution is -2.42. The number of nitrogens with two attached hydrogens (primary N) is 1. The zero-order valence-electron chi connectivity index (χ0n) is 9.62. The molecule has 1 aromatic heterocycles. The van der Waals surface area contributed by atoms with E-state index in [4.69, 9.17) is 5.73 Å². The maximum Gasteiger partial charge on any atom is 0.272 e. The number of likely N-dealkylation sites (tertiary alicyclic amines) is 1. The summed E-state index contributed by atoms with van der Waals surface area (Å²) in [6.45, 7) is 0.913. The molecule has 1 aliphatic heterocycles. The number of amides is 1. The Kier molecular flexibility index (Phi) is 3.71. The van der Waals surface area contributed by atoms with E-state index in [9.17, 15) is 9.90 Å². The van der Waals surface area contributed by atoms with Gasteiger partial charge in [0.25, 0.3) is 5.91 Å². The van der Waals surface area contributed by atoms with Crippen molar-refractivity contribution in [3.8, 4) is 0 Å². The minimum Gasteiger partial charge on any atom is -0.390 e. The zero-order valence-corrected chi connectivity index (χ0v) is 9.62. The summed E-state index contributed by atoms with van der Waals surface area (Å²) in [5, 5.41) is 9.78. The van der Waals surface area contributed by atoms with Gasteiger partial charge in [-0.2, -0.15) is 0 Å². The van der Waals surface area contributed by atoms with Crippen molar-refractivity contribution in [1.29, 1.82) is 0 Å². The summed E-state index contributed by atoms with van der Waals surface area (Å²) in [5.74, 6) is -0.140. The van der Waals surface area contributed by atoms with E-state index in [1.807, 2.05) is 0 Å². The maximum atomic E-state index is 12.1. The van der Waals surface area contributed by atoms with Crippen LogP contribution in [0.3, 0.4) is 0 Å². The Morgan fingerprint density at radius 3 is 3.06 bits per heavy atom. The number of aliphatic hydroxyl groups excluding tert-OH is 1. The summed E-state index contributed by atoms with van der Waals surface area (Å²) in [7, 11) is 0. The van der Waals surface area contributed by atoms with Crippen LogP contribution < -0.4 is 5.73 Å². The molecule has 1 fully saturated rings. The molecule has 0 spiro atoms. The lowest BCUT2D eigenvalue weighted by atomic mass is 10.1. The Bertz CT molecular complexity index is 383. The Balaban J connectivity index is 2.09. The minimum absolute atomic E-state index is 0.140. The molecule has 1 amide bonds. The average molecular weight is 235 g/mol. The molecule has 1 saturated heterocycles. The second kappa shape index (κ2) is 5.25. The fraction of sp³-hybridized carbons (Fsp3) is 0.500. The zero-order chi connectivity index (χ0) is 12.3. The molecule has 2 atom stereocenters. The summed E-state index contributed by atoms with van der Waals surface area (Å²) < 4.78 is 0. The predicted octanol–water partition coefficient (Wildman–Crippen LogP) is 0.00580. The van der Waals surface area contributed by atoms with Gasteiger partial charge in [-0.05, 0) is 25.0 Å². The number of pyridine rings is 1. The lowest BCUT2D eigenvalue weighted by Gasteiger charge is -2.23. The molecule has 0 aliphatic carbocycles. The molecule has 1 aromatic rings. The van der Waals surface area contributed by atoms with Gasteiger partial charge in [0.2, 0.25) is 0 Å². The van der Waals surface area contributed by atoms with E-state index in [2.05, 4.69) is 4.98 Å². The van der Waals surface area contributed by atoms with Crippen molar-refractivity contribution < 1.29 is 9.90 Å². The van der Waals surface area contributed by atoms with Gasteiger partial charge in [-0.25, -0.2) is 0 Å². The largest absolute Gasteiger partial charge is 0.390 e. The normalized spacial score (nSPS) is 25.4.